The third-order valence-corrected chi connectivity index (χ3v) is 6.95. The summed E-state index contributed by atoms with van der Waals surface area (Å²) in [6.07, 6.45) is 1.58. The molecule has 0 N–H and O–H groups in total. The molecule has 0 saturated carbocycles. The van der Waals surface area contributed by atoms with Gasteiger partial charge in [0, 0.05) is 21.3 Å². The summed E-state index contributed by atoms with van der Waals surface area (Å²) < 4.78 is 12.2. The molecule has 34 heavy (non-hydrogen) atoms. The van der Waals surface area contributed by atoms with Gasteiger partial charge in [0.15, 0.2) is 0 Å². The SMILES string of the molecule is N#C/C(=C\c1ccc(-c2c(Cl)cccc2Cl)o1)c1nc(-c2cc3cc(Br)ccc3oc2=O)cs1. The van der Waals surface area contributed by atoms with Gasteiger partial charge in [-0.2, -0.15) is 5.26 Å². The van der Waals surface area contributed by atoms with Gasteiger partial charge in [-0.15, -0.1) is 11.3 Å². The number of nitriles is 1. The van der Waals surface area contributed by atoms with Crippen molar-refractivity contribution in [2.24, 2.45) is 0 Å². The van der Waals surface area contributed by atoms with Crippen molar-refractivity contribution >= 4 is 73.1 Å². The van der Waals surface area contributed by atoms with Gasteiger partial charge in [0.05, 0.1) is 32.4 Å². The first-order chi connectivity index (χ1) is 16.4. The Morgan fingerprint density at radius 1 is 1.09 bits per heavy atom. The normalized spacial score (nSPS) is 11.6. The maximum absolute atomic E-state index is 12.5. The topological polar surface area (TPSA) is 80.0 Å². The largest absolute Gasteiger partial charge is 0.457 e. The predicted octanol–water partition coefficient (Wildman–Crippen LogP) is 8.31. The van der Waals surface area contributed by atoms with Gasteiger partial charge in [-0.1, -0.05) is 45.2 Å². The Kier molecular flexibility index (Phi) is 6.15. The van der Waals surface area contributed by atoms with Crippen molar-refractivity contribution in [2.45, 2.75) is 0 Å². The van der Waals surface area contributed by atoms with E-state index in [0.717, 1.165) is 9.86 Å². The minimum absolute atomic E-state index is 0.287. The molecule has 3 heterocycles. The highest BCUT2D eigenvalue weighted by molar-refractivity contribution is 9.10. The summed E-state index contributed by atoms with van der Waals surface area (Å²) in [5.41, 5.74) is 1.60. The number of rotatable bonds is 4. The maximum Gasteiger partial charge on any atom is 0.345 e. The van der Waals surface area contributed by atoms with Gasteiger partial charge in [0.2, 0.25) is 0 Å². The van der Waals surface area contributed by atoms with Crippen LogP contribution in [0.2, 0.25) is 10.0 Å². The highest BCUT2D eigenvalue weighted by Gasteiger charge is 2.16. The quantitative estimate of drug-likeness (QED) is 0.160. The molecule has 0 atom stereocenters. The van der Waals surface area contributed by atoms with Crippen LogP contribution in [0, 0.1) is 11.3 Å². The second-order valence-corrected chi connectivity index (χ2v) is 9.72. The van der Waals surface area contributed by atoms with E-state index in [0.29, 0.717) is 49.0 Å². The lowest BCUT2D eigenvalue weighted by Gasteiger charge is -2.02. The average molecular weight is 570 g/mol. The number of hydrogen-bond donors (Lipinski definition) is 0. The Labute approximate surface area is 215 Å². The summed E-state index contributed by atoms with van der Waals surface area (Å²) in [5.74, 6) is 0.924. The fourth-order valence-corrected chi connectivity index (χ4v) is 5.12. The molecule has 2 aromatic carbocycles. The first-order valence-corrected chi connectivity index (χ1v) is 12.2. The summed E-state index contributed by atoms with van der Waals surface area (Å²) in [5, 5.41) is 13.6. The zero-order chi connectivity index (χ0) is 23.8. The fraction of sp³-hybridized carbons (Fsp3) is 0. The molecule has 0 aliphatic rings. The average Bonchev–Trinajstić information content (AvgIpc) is 3.47. The third-order valence-electron chi connectivity index (χ3n) is 4.95. The molecule has 5 aromatic rings. The van der Waals surface area contributed by atoms with Crippen LogP contribution < -0.4 is 5.63 Å². The zero-order valence-corrected chi connectivity index (χ0v) is 20.9. The monoisotopic (exact) mass is 568 g/mol. The van der Waals surface area contributed by atoms with Crippen LogP contribution in [-0.4, -0.2) is 4.98 Å². The van der Waals surface area contributed by atoms with Crippen molar-refractivity contribution in [1.29, 1.82) is 5.26 Å². The molecule has 3 aromatic heterocycles. The van der Waals surface area contributed by atoms with Crippen molar-refractivity contribution < 1.29 is 8.83 Å². The van der Waals surface area contributed by atoms with Crippen LogP contribution in [0.1, 0.15) is 10.8 Å². The number of fused-ring (bicyclic) bond motifs is 1. The molecule has 9 heteroatoms. The Hall–Kier alpha value is -3.15. The van der Waals surface area contributed by atoms with Crippen LogP contribution in [0.3, 0.4) is 0 Å². The van der Waals surface area contributed by atoms with E-state index in [-0.39, 0.29) is 5.57 Å². The van der Waals surface area contributed by atoms with Crippen molar-refractivity contribution in [3.05, 3.63) is 95.7 Å². The summed E-state index contributed by atoms with van der Waals surface area (Å²) in [7, 11) is 0. The van der Waals surface area contributed by atoms with Crippen LogP contribution in [0.5, 0.6) is 0 Å². The van der Waals surface area contributed by atoms with Crippen LogP contribution in [0.4, 0.5) is 0 Å². The lowest BCUT2D eigenvalue weighted by molar-refractivity contribution is 0.563. The smallest absolute Gasteiger partial charge is 0.345 e. The molecule has 0 amide bonds. The molecular formula is C25H11BrCl2N2O3S. The molecule has 0 fully saturated rings. The van der Waals surface area contributed by atoms with Gasteiger partial charge in [0.1, 0.15) is 28.2 Å². The summed E-state index contributed by atoms with van der Waals surface area (Å²) in [4.78, 5) is 17.0. The minimum Gasteiger partial charge on any atom is -0.457 e. The predicted molar refractivity (Wildman–Crippen MR) is 139 cm³/mol. The second-order valence-electron chi connectivity index (χ2n) is 7.14. The van der Waals surface area contributed by atoms with Crippen molar-refractivity contribution in [1.82, 2.24) is 4.98 Å². The first-order valence-electron chi connectivity index (χ1n) is 9.78. The molecule has 0 aliphatic heterocycles. The van der Waals surface area contributed by atoms with E-state index in [1.165, 1.54) is 11.3 Å². The van der Waals surface area contributed by atoms with Crippen LogP contribution >= 0.6 is 50.5 Å². The van der Waals surface area contributed by atoms with E-state index in [4.69, 9.17) is 32.0 Å². The van der Waals surface area contributed by atoms with E-state index in [9.17, 15) is 10.1 Å². The molecule has 0 spiro atoms. The van der Waals surface area contributed by atoms with Gasteiger partial charge >= 0.3 is 5.63 Å². The van der Waals surface area contributed by atoms with Gasteiger partial charge in [-0.25, -0.2) is 9.78 Å². The zero-order valence-electron chi connectivity index (χ0n) is 17.0. The van der Waals surface area contributed by atoms with E-state index >= 15 is 0 Å². The third kappa shape index (κ3) is 4.33. The first kappa shape index (κ1) is 22.6. The van der Waals surface area contributed by atoms with Gasteiger partial charge in [-0.05, 0) is 48.5 Å². The molecule has 0 saturated heterocycles. The highest BCUT2D eigenvalue weighted by Crippen LogP contribution is 2.36. The molecule has 0 unspecified atom stereocenters. The second kappa shape index (κ2) is 9.24. The number of nitrogens with zero attached hydrogens (tertiary/aromatic N) is 2. The molecule has 166 valence electrons. The number of thiazole rings is 1. The van der Waals surface area contributed by atoms with E-state index in [2.05, 4.69) is 27.0 Å². The van der Waals surface area contributed by atoms with Crippen molar-refractivity contribution in [3.8, 4) is 28.7 Å². The minimum atomic E-state index is -0.499. The molecule has 5 nitrogen and oxygen atoms in total. The van der Waals surface area contributed by atoms with E-state index in [1.54, 1.807) is 60.0 Å². The van der Waals surface area contributed by atoms with E-state index < -0.39 is 5.63 Å². The molecular weight excluding hydrogens is 559 g/mol. The van der Waals surface area contributed by atoms with Crippen LogP contribution in [0.25, 0.3) is 45.2 Å². The number of hydrogen-bond acceptors (Lipinski definition) is 6. The van der Waals surface area contributed by atoms with Crippen molar-refractivity contribution in [2.75, 3.05) is 0 Å². The number of furan rings is 1. The summed E-state index contributed by atoms with van der Waals surface area (Å²) in [6, 6.07) is 17.9. The van der Waals surface area contributed by atoms with Crippen molar-refractivity contribution in [3.63, 3.8) is 0 Å². The Morgan fingerprint density at radius 3 is 2.65 bits per heavy atom. The number of halogens is 3. The molecule has 0 radical (unpaired) electrons. The lowest BCUT2D eigenvalue weighted by atomic mass is 10.1. The molecule has 0 aliphatic carbocycles. The number of allylic oxidation sites excluding steroid dienone is 1. The molecule has 5 rings (SSSR count). The van der Waals surface area contributed by atoms with Crippen LogP contribution in [-0.2, 0) is 0 Å². The fourth-order valence-electron chi connectivity index (χ4n) is 3.38. The Balaban J connectivity index is 1.50. The summed E-state index contributed by atoms with van der Waals surface area (Å²) >= 11 is 17.2. The van der Waals surface area contributed by atoms with Gasteiger partial charge < -0.3 is 8.83 Å². The van der Waals surface area contributed by atoms with Gasteiger partial charge in [0.25, 0.3) is 0 Å². The van der Waals surface area contributed by atoms with E-state index in [1.807, 2.05) is 6.07 Å². The maximum atomic E-state index is 12.5. The number of aromatic nitrogens is 1. The standard InChI is InChI=1S/C25H11BrCl2N2O3S/c26-15-4-6-21-13(8-15)10-17(25(31)33-21)20-12-34-24(30-20)14(11-29)9-16-5-7-22(32-16)23-18(27)2-1-3-19(23)28/h1-10,12H/b14-9+. The van der Waals surface area contributed by atoms with Crippen LogP contribution in [0.15, 0.2) is 78.1 Å². The number of benzene rings is 2. The Bertz CT molecular complexity index is 1670. The summed E-state index contributed by atoms with van der Waals surface area (Å²) in [6.45, 7) is 0. The highest BCUT2D eigenvalue weighted by atomic mass is 79.9. The Morgan fingerprint density at radius 2 is 1.88 bits per heavy atom. The lowest BCUT2D eigenvalue weighted by Crippen LogP contribution is -2.02. The van der Waals surface area contributed by atoms with Gasteiger partial charge in [-0.3, -0.25) is 0 Å². The molecule has 0 bridgehead atoms.